The summed E-state index contributed by atoms with van der Waals surface area (Å²) in [6.07, 6.45) is -1.65. The van der Waals surface area contributed by atoms with Crippen molar-refractivity contribution in [2.45, 2.75) is 108 Å². The van der Waals surface area contributed by atoms with Gasteiger partial charge in [0.25, 0.3) is 0 Å². The first-order valence-corrected chi connectivity index (χ1v) is 13.7. The Morgan fingerprint density at radius 2 is 1.83 bits per heavy atom. The molecule has 174 valence electrons. The van der Waals surface area contributed by atoms with E-state index in [0.29, 0.717) is 6.61 Å². The minimum atomic E-state index is -4.30. The number of hydrogen-bond acceptors (Lipinski definition) is 4. The molecule has 1 unspecified atom stereocenters. The molecule has 3 aliphatic rings. The average molecular weight is 451 g/mol. The van der Waals surface area contributed by atoms with Crippen molar-refractivity contribution in [3.8, 4) is 0 Å². The van der Waals surface area contributed by atoms with Gasteiger partial charge in [0.05, 0.1) is 36.4 Å². The van der Waals surface area contributed by atoms with Crippen molar-refractivity contribution in [1.82, 2.24) is 0 Å². The van der Waals surface area contributed by atoms with Gasteiger partial charge in [0.1, 0.15) is 5.60 Å². The second-order valence-electron chi connectivity index (χ2n) is 10.9. The number of epoxide rings is 2. The van der Waals surface area contributed by atoms with Gasteiger partial charge in [-0.15, -0.1) is 0 Å². The molecule has 2 heterocycles. The van der Waals surface area contributed by atoms with Crippen molar-refractivity contribution in [2.75, 3.05) is 13.7 Å². The Labute approximate surface area is 179 Å². The standard InChI is InChI=1S/C22H37F3O4Si/c1-14(22(23,24)25)9-10-16-20(5,28-16)18-17(26-6)15(11-12-21(18)13-27-21)29-30(7,8)19(2,3)4/h9,15-18H,10-13H2,1-8H3/b14-9-/t15?,16-,17-,18-,20+,21+/m1/s1. The first-order chi connectivity index (χ1) is 13.6. The molecule has 3 rings (SSSR count). The van der Waals surface area contributed by atoms with Gasteiger partial charge in [0.2, 0.25) is 0 Å². The molecule has 2 aliphatic heterocycles. The molecule has 0 radical (unpaired) electrons. The number of halogens is 3. The maximum atomic E-state index is 12.9. The van der Waals surface area contributed by atoms with Crippen molar-refractivity contribution in [3.05, 3.63) is 11.6 Å². The second-order valence-corrected chi connectivity index (χ2v) is 15.7. The van der Waals surface area contributed by atoms with Crippen molar-refractivity contribution < 1.29 is 31.8 Å². The van der Waals surface area contributed by atoms with Gasteiger partial charge in [0.15, 0.2) is 8.32 Å². The van der Waals surface area contributed by atoms with Crippen molar-refractivity contribution >= 4 is 8.32 Å². The zero-order valence-electron chi connectivity index (χ0n) is 19.5. The molecule has 0 aromatic rings. The molecule has 1 saturated carbocycles. The normalized spacial score (nSPS) is 40.0. The Hall–Kier alpha value is -0.413. The van der Waals surface area contributed by atoms with Crippen molar-refractivity contribution in [1.29, 1.82) is 0 Å². The molecule has 6 atom stereocenters. The van der Waals surface area contributed by atoms with Gasteiger partial charge in [-0.2, -0.15) is 13.2 Å². The van der Waals surface area contributed by atoms with Gasteiger partial charge in [0, 0.05) is 12.7 Å². The Morgan fingerprint density at radius 1 is 1.23 bits per heavy atom. The summed E-state index contributed by atoms with van der Waals surface area (Å²) >= 11 is 0. The highest BCUT2D eigenvalue weighted by atomic mass is 28.4. The van der Waals surface area contributed by atoms with Crippen LogP contribution in [0, 0.1) is 5.92 Å². The minimum Gasteiger partial charge on any atom is -0.411 e. The topological polar surface area (TPSA) is 43.5 Å². The van der Waals surface area contributed by atoms with E-state index < -0.39 is 25.7 Å². The third-order valence-electron chi connectivity index (χ3n) is 7.83. The molecule has 0 bridgehead atoms. The Bertz CT molecular complexity index is 681. The van der Waals surface area contributed by atoms with E-state index >= 15 is 0 Å². The number of hydrogen-bond donors (Lipinski definition) is 0. The average Bonchev–Trinajstić information content (AvgIpc) is 3.50. The van der Waals surface area contributed by atoms with Gasteiger partial charge in [-0.25, -0.2) is 0 Å². The van der Waals surface area contributed by atoms with E-state index in [4.69, 9.17) is 18.6 Å². The highest BCUT2D eigenvalue weighted by Gasteiger charge is 2.72. The van der Waals surface area contributed by atoms with Crippen LogP contribution in [0.3, 0.4) is 0 Å². The van der Waals surface area contributed by atoms with E-state index in [2.05, 4.69) is 33.9 Å². The first kappa shape index (κ1) is 24.2. The zero-order chi connectivity index (χ0) is 22.8. The molecule has 1 aliphatic carbocycles. The van der Waals surface area contributed by atoms with Gasteiger partial charge in [-0.1, -0.05) is 26.8 Å². The van der Waals surface area contributed by atoms with E-state index in [9.17, 15) is 13.2 Å². The predicted molar refractivity (Wildman–Crippen MR) is 112 cm³/mol. The molecule has 3 fully saturated rings. The van der Waals surface area contributed by atoms with Gasteiger partial charge >= 0.3 is 6.18 Å². The zero-order valence-corrected chi connectivity index (χ0v) is 20.5. The van der Waals surface area contributed by atoms with Crippen LogP contribution in [0.1, 0.15) is 53.9 Å². The van der Waals surface area contributed by atoms with Gasteiger partial charge in [-0.05, 0) is 51.2 Å². The lowest BCUT2D eigenvalue weighted by Gasteiger charge is -2.47. The molecule has 0 aromatic heterocycles. The largest absolute Gasteiger partial charge is 0.412 e. The Balaban J connectivity index is 1.79. The monoisotopic (exact) mass is 450 g/mol. The first-order valence-electron chi connectivity index (χ1n) is 10.8. The molecule has 1 spiro atoms. The molecule has 30 heavy (non-hydrogen) atoms. The van der Waals surface area contributed by atoms with Crippen LogP contribution in [0.5, 0.6) is 0 Å². The molecule has 4 nitrogen and oxygen atoms in total. The third-order valence-corrected chi connectivity index (χ3v) is 12.3. The number of ether oxygens (including phenoxy) is 3. The molecule has 2 saturated heterocycles. The van der Waals surface area contributed by atoms with Crippen molar-refractivity contribution in [2.24, 2.45) is 5.92 Å². The summed E-state index contributed by atoms with van der Waals surface area (Å²) in [5.74, 6) is -0.0666. The lowest BCUT2D eigenvalue weighted by molar-refractivity contribution is -0.111. The van der Waals surface area contributed by atoms with Crippen LogP contribution in [0.25, 0.3) is 0 Å². The van der Waals surface area contributed by atoms with E-state index in [-0.39, 0.29) is 41.3 Å². The summed E-state index contributed by atoms with van der Waals surface area (Å²) in [6.45, 7) is 14.8. The highest BCUT2D eigenvalue weighted by Crippen LogP contribution is 2.60. The number of rotatable bonds is 6. The Morgan fingerprint density at radius 3 is 2.30 bits per heavy atom. The fourth-order valence-corrected chi connectivity index (χ4v) is 6.04. The highest BCUT2D eigenvalue weighted by molar-refractivity contribution is 6.74. The number of allylic oxidation sites excluding steroid dienone is 1. The summed E-state index contributed by atoms with van der Waals surface area (Å²) in [6, 6.07) is 0. The fraction of sp³-hybridized carbons (Fsp3) is 0.909. The van der Waals surface area contributed by atoms with Crippen LogP contribution < -0.4 is 0 Å². The summed E-state index contributed by atoms with van der Waals surface area (Å²) in [5, 5.41) is 0.0778. The Kier molecular flexibility index (Phi) is 6.12. The third kappa shape index (κ3) is 4.40. The predicted octanol–water partition coefficient (Wildman–Crippen LogP) is 5.63. The molecule has 0 N–H and O–H groups in total. The maximum Gasteiger partial charge on any atom is 0.412 e. The number of alkyl halides is 3. The van der Waals surface area contributed by atoms with Crippen molar-refractivity contribution in [3.63, 3.8) is 0 Å². The van der Waals surface area contributed by atoms with Crippen LogP contribution in [-0.2, 0) is 18.6 Å². The summed E-state index contributed by atoms with van der Waals surface area (Å²) in [4.78, 5) is 0. The molecule has 8 heteroatoms. The van der Waals surface area contributed by atoms with E-state index in [1.54, 1.807) is 7.11 Å². The summed E-state index contributed by atoms with van der Waals surface area (Å²) in [7, 11) is -0.319. The van der Waals surface area contributed by atoms with Crippen LogP contribution in [-0.4, -0.2) is 57.7 Å². The van der Waals surface area contributed by atoms with Crippen LogP contribution in [0.4, 0.5) is 13.2 Å². The maximum absolute atomic E-state index is 12.9. The van der Waals surface area contributed by atoms with E-state index in [1.165, 1.54) is 6.08 Å². The smallest absolute Gasteiger partial charge is 0.411 e. The molecule has 0 amide bonds. The lowest BCUT2D eigenvalue weighted by atomic mass is 9.68. The van der Waals surface area contributed by atoms with Crippen LogP contribution in [0.15, 0.2) is 11.6 Å². The fourth-order valence-electron chi connectivity index (χ4n) is 4.68. The van der Waals surface area contributed by atoms with Gasteiger partial charge in [-0.3, -0.25) is 0 Å². The summed E-state index contributed by atoms with van der Waals surface area (Å²) < 4.78 is 63.3. The van der Waals surface area contributed by atoms with E-state index in [1.807, 2.05) is 6.92 Å². The second kappa shape index (κ2) is 7.58. The van der Waals surface area contributed by atoms with E-state index in [0.717, 1.165) is 19.8 Å². The molecule has 0 aromatic carbocycles. The van der Waals surface area contributed by atoms with Gasteiger partial charge < -0.3 is 18.6 Å². The lowest BCUT2D eigenvalue weighted by Crippen LogP contribution is -2.58. The van der Waals surface area contributed by atoms with Crippen LogP contribution in [0.2, 0.25) is 18.1 Å². The summed E-state index contributed by atoms with van der Waals surface area (Å²) in [5.41, 5.74) is -1.46. The van der Waals surface area contributed by atoms with Crippen LogP contribution >= 0.6 is 0 Å². The SMILES string of the molecule is CO[C@@H]1C(O[Si](C)(C)C(C)(C)C)CC[C@]2(CO2)[C@H]1[C@@]1(C)O[C@@H]1C/C=C(/C)C(F)(F)F. The number of methoxy groups -OCH3 is 1. The minimum absolute atomic E-state index is 0.0650. The molecular formula is C22H37F3O4Si. The molecular weight excluding hydrogens is 413 g/mol. The quantitative estimate of drug-likeness (QED) is 0.299.